The zero-order valence-corrected chi connectivity index (χ0v) is 10.2. The van der Waals surface area contributed by atoms with Gasteiger partial charge in [-0.2, -0.15) is 5.26 Å². The van der Waals surface area contributed by atoms with Crippen LogP contribution < -0.4 is 0 Å². The first-order valence-electron chi connectivity index (χ1n) is 5.41. The summed E-state index contributed by atoms with van der Waals surface area (Å²) in [5.41, 5.74) is 4.27. The van der Waals surface area contributed by atoms with Gasteiger partial charge in [0.2, 0.25) is 0 Å². The molecule has 82 valence electrons. The van der Waals surface area contributed by atoms with E-state index in [1.165, 1.54) is 17.7 Å². The first-order valence-corrected chi connectivity index (χ1v) is 6.39. The van der Waals surface area contributed by atoms with Crippen molar-refractivity contribution >= 4 is 11.8 Å². The van der Waals surface area contributed by atoms with Crippen molar-refractivity contribution in [1.82, 2.24) is 4.98 Å². The number of pyridine rings is 1. The summed E-state index contributed by atoms with van der Waals surface area (Å²) >= 11 is 1.61. The quantitative estimate of drug-likeness (QED) is 0.591. The molecule has 2 rings (SSSR count). The normalized spacial score (nSPS) is 13.2. The number of hydrogen-bond acceptors (Lipinski definition) is 3. The molecule has 1 aliphatic carbocycles. The minimum Gasteiger partial charge on any atom is -0.245 e. The maximum absolute atomic E-state index is 9.09. The number of aryl methyl sites for hydroxylation is 2. The van der Waals surface area contributed by atoms with Gasteiger partial charge in [0.25, 0.3) is 0 Å². The molecule has 3 heteroatoms. The average molecular weight is 230 g/mol. The van der Waals surface area contributed by atoms with Crippen molar-refractivity contribution < 1.29 is 0 Å². The Kier molecular flexibility index (Phi) is 3.31. The molecule has 0 radical (unpaired) electrons. The molecular weight excluding hydrogens is 216 g/mol. The summed E-state index contributed by atoms with van der Waals surface area (Å²) in [7, 11) is 0. The Balaban J connectivity index is 2.30. The Labute approximate surface area is 100 Å². The van der Waals surface area contributed by atoms with Gasteiger partial charge in [-0.15, -0.1) is 11.8 Å². The predicted molar refractivity (Wildman–Crippen MR) is 66.5 cm³/mol. The van der Waals surface area contributed by atoms with E-state index in [0.717, 1.165) is 29.2 Å². The van der Waals surface area contributed by atoms with Gasteiger partial charge in [-0.1, -0.05) is 12.2 Å². The number of nitrogens with zero attached hydrogens (tertiary/aromatic N) is 2. The zero-order valence-electron chi connectivity index (χ0n) is 9.42. The van der Waals surface area contributed by atoms with Crippen molar-refractivity contribution in [3.63, 3.8) is 0 Å². The van der Waals surface area contributed by atoms with Gasteiger partial charge >= 0.3 is 0 Å². The Bertz CT molecular complexity index is 472. The Morgan fingerprint density at radius 2 is 2.44 bits per heavy atom. The number of nitriles is 1. The number of aromatic nitrogens is 1. The highest BCUT2D eigenvalue weighted by molar-refractivity contribution is 7.99. The van der Waals surface area contributed by atoms with Crippen molar-refractivity contribution in [2.24, 2.45) is 0 Å². The van der Waals surface area contributed by atoms with Gasteiger partial charge in [0.05, 0.1) is 5.56 Å². The topological polar surface area (TPSA) is 36.7 Å². The largest absolute Gasteiger partial charge is 0.245 e. The molecule has 1 aromatic heterocycles. The second-order valence-corrected chi connectivity index (χ2v) is 5.12. The molecular formula is C13H14N2S. The summed E-state index contributed by atoms with van der Waals surface area (Å²) in [5, 5.41) is 9.96. The van der Waals surface area contributed by atoms with Gasteiger partial charge in [0.15, 0.2) is 0 Å². The van der Waals surface area contributed by atoms with Crippen molar-refractivity contribution in [3.05, 3.63) is 35.0 Å². The lowest BCUT2D eigenvalue weighted by molar-refractivity contribution is 0.891. The van der Waals surface area contributed by atoms with Crippen LogP contribution in [0, 0.1) is 11.3 Å². The third-order valence-electron chi connectivity index (χ3n) is 2.59. The standard InChI is InChI=1S/C13H14N2S/c1-9(2)8-16-13-11(7-14)6-10-4-3-5-12(10)15-13/h6H,1,3-5,8H2,2H3. The van der Waals surface area contributed by atoms with Gasteiger partial charge in [0, 0.05) is 11.4 Å². The molecule has 1 aromatic rings. The van der Waals surface area contributed by atoms with Gasteiger partial charge in [-0.05, 0) is 37.8 Å². The molecule has 0 saturated carbocycles. The fraction of sp³-hybridized carbons (Fsp3) is 0.385. The Morgan fingerprint density at radius 1 is 1.62 bits per heavy atom. The van der Waals surface area contributed by atoms with Crippen LogP contribution in [0.25, 0.3) is 0 Å². The lowest BCUT2D eigenvalue weighted by atomic mass is 10.2. The van der Waals surface area contributed by atoms with E-state index in [1.807, 2.05) is 13.0 Å². The van der Waals surface area contributed by atoms with E-state index in [1.54, 1.807) is 11.8 Å². The van der Waals surface area contributed by atoms with Gasteiger partial charge in [-0.25, -0.2) is 4.98 Å². The molecule has 0 aromatic carbocycles. The molecule has 0 unspecified atom stereocenters. The van der Waals surface area contributed by atoms with Crippen LogP contribution in [0.3, 0.4) is 0 Å². The van der Waals surface area contributed by atoms with Crippen molar-refractivity contribution in [3.8, 4) is 6.07 Å². The van der Waals surface area contributed by atoms with Crippen molar-refractivity contribution in [2.45, 2.75) is 31.2 Å². The summed E-state index contributed by atoms with van der Waals surface area (Å²) < 4.78 is 0. The van der Waals surface area contributed by atoms with E-state index in [-0.39, 0.29) is 0 Å². The summed E-state index contributed by atoms with van der Waals surface area (Å²) in [5.74, 6) is 0.834. The molecule has 0 bridgehead atoms. The number of fused-ring (bicyclic) bond motifs is 1. The van der Waals surface area contributed by atoms with Gasteiger partial charge in [0.1, 0.15) is 11.1 Å². The van der Waals surface area contributed by atoms with E-state index < -0.39 is 0 Å². The molecule has 0 N–H and O–H groups in total. The van der Waals surface area contributed by atoms with Crippen LogP contribution in [0.2, 0.25) is 0 Å². The molecule has 1 heterocycles. The molecule has 1 aliphatic rings. The summed E-state index contributed by atoms with van der Waals surface area (Å²) in [4.78, 5) is 4.60. The monoisotopic (exact) mass is 230 g/mol. The lowest BCUT2D eigenvalue weighted by Gasteiger charge is -2.06. The average Bonchev–Trinajstić information content (AvgIpc) is 2.71. The highest BCUT2D eigenvalue weighted by Gasteiger charge is 2.16. The number of hydrogen-bond donors (Lipinski definition) is 0. The molecule has 16 heavy (non-hydrogen) atoms. The molecule has 0 amide bonds. The van der Waals surface area contributed by atoms with E-state index in [9.17, 15) is 0 Å². The van der Waals surface area contributed by atoms with E-state index >= 15 is 0 Å². The van der Waals surface area contributed by atoms with Gasteiger partial charge < -0.3 is 0 Å². The van der Waals surface area contributed by atoms with Crippen molar-refractivity contribution in [2.75, 3.05) is 5.75 Å². The van der Waals surface area contributed by atoms with Crippen LogP contribution in [-0.2, 0) is 12.8 Å². The van der Waals surface area contributed by atoms with Crippen LogP contribution in [0.1, 0.15) is 30.2 Å². The summed E-state index contributed by atoms with van der Waals surface area (Å²) in [6.45, 7) is 5.86. The number of rotatable bonds is 3. The molecule has 0 atom stereocenters. The first-order chi connectivity index (χ1) is 7.70. The first kappa shape index (κ1) is 11.2. The second kappa shape index (κ2) is 4.71. The third kappa shape index (κ3) is 2.28. The van der Waals surface area contributed by atoms with Crippen LogP contribution in [-0.4, -0.2) is 10.7 Å². The molecule has 0 spiro atoms. The van der Waals surface area contributed by atoms with E-state index in [0.29, 0.717) is 5.56 Å². The lowest BCUT2D eigenvalue weighted by Crippen LogP contribution is -1.95. The Morgan fingerprint density at radius 3 is 3.12 bits per heavy atom. The minimum atomic E-state index is 0.715. The second-order valence-electron chi connectivity index (χ2n) is 4.16. The maximum Gasteiger partial charge on any atom is 0.114 e. The number of thioether (sulfide) groups is 1. The molecule has 2 nitrogen and oxygen atoms in total. The Hall–Kier alpha value is -1.27. The molecule has 0 saturated heterocycles. The van der Waals surface area contributed by atoms with Crippen LogP contribution in [0.5, 0.6) is 0 Å². The SMILES string of the molecule is C=C(C)CSc1nc2c(cc1C#N)CCC2. The van der Waals surface area contributed by atoms with Gasteiger partial charge in [-0.3, -0.25) is 0 Å². The molecule has 0 fully saturated rings. The van der Waals surface area contributed by atoms with E-state index in [2.05, 4.69) is 17.6 Å². The fourth-order valence-corrected chi connectivity index (χ4v) is 2.65. The van der Waals surface area contributed by atoms with Crippen molar-refractivity contribution in [1.29, 1.82) is 5.26 Å². The van der Waals surface area contributed by atoms with Crippen LogP contribution in [0.15, 0.2) is 23.2 Å². The smallest absolute Gasteiger partial charge is 0.114 e. The highest BCUT2D eigenvalue weighted by atomic mass is 32.2. The van der Waals surface area contributed by atoms with E-state index in [4.69, 9.17) is 5.26 Å². The summed E-state index contributed by atoms with van der Waals surface area (Å²) in [6.07, 6.45) is 3.30. The fourth-order valence-electron chi connectivity index (χ4n) is 1.83. The van der Waals surface area contributed by atoms with Crippen LogP contribution in [0.4, 0.5) is 0 Å². The van der Waals surface area contributed by atoms with Crippen LogP contribution >= 0.6 is 11.8 Å². The minimum absolute atomic E-state index is 0.715. The maximum atomic E-state index is 9.09. The highest BCUT2D eigenvalue weighted by Crippen LogP contribution is 2.28. The third-order valence-corrected chi connectivity index (χ3v) is 3.81. The molecule has 0 aliphatic heterocycles. The predicted octanol–water partition coefficient (Wildman–Crippen LogP) is 3.11. The summed E-state index contributed by atoms with van der Waals surface area (Å²) in [6, 6.07) is 4.25. The zero-order chi connectivity index (χ0) is 11.5.